The lowest BCUT2D eigenvalue weighted by atomic mass is 9.83. The van der Waals surface area contributed by atoms with E-state index in [9.17, 15) is 9.90 Å². The van der Waals surface area contributed by atoms with Gasteiger partial charge in [-0.05, 0) is 37.0 Å². The van der Waals surface area contributed by atoms with Crippen molar-refractivity contribution in [3.8, 4) is 5.75 Å². The standard InChI is InChI=1S/C15H21N3O3/c16-13(18-21)15(8-1-2-9-15)14(20)17-10-7-11-3-5-12(19)6-4-11/h3-6,19,21H,1-2,7-10H2,(H2,16,18)(H,17,20). The number of phenols is 1. The van der Waals surface area contributed by atoms with Gasteiger partial charge in [0.2, 0.25) is 5.91 Å². The molecule has 0 aromatic heterocycles. The van der Waals surface area contributed by atoms with Crippen LogP contribution in [-0.2, 0) is 11.2 Å². The Morgan fingerprint density at radius 1 is 1.29 bits per heavy atom. The number of amides is 1. The summed E-state index contributed by atoms with van der Waals surface area (Å²) < 4.78 is 0. The minimum Gasteiger partial charge on any atom is -0.508 e. The second-order valence-electron chi connectivity index (χ2n) is 5.45. The second-order valence-corrected chi connectivity index (χ2v) is 5.45. The van der Waals surface area contributed by atoms with Crippen molar-refractivity contribution in [1.82, 2.24) is 5.32 Å². The number of phenolic OH excluding ortho intramolecular Hbond substituents is 1. The molecule has 1 saturated carbocycles. The molecular formula is C15H21N3O3. The molecule has 6 nitrogen and oxygen atoms in total. The van der Waals surface area contributed by atoms with Crippen molar-refractivity contribution in [1.29, 1.82) is 0 Å². The zero-order valence-electron chi connectivity index (χ0n) is 11.9. The predicted molar refractivity (Wildman–Crippen MR) is 79.1 cm³/mol. The van der Waals surface area contributed by atoms with E-state index in [1.54, 1.807) is 12.1 Å². The number of aromatic hydroxyl groups is 1. The first-order valence-corrected chi connectivity index (χ1v) is 7.13. The molecule has 5 N–H and O–H groups in total. The lowest BCUT2D eigenvalue weighted by Crippen LogP contribution is -2.48. The molecule has 0 spiro atoms. The number of nitrogens with one attached hydrogen (secondary N) is 1. The van der Waals surface area contributed by atoms with Crippen LogP contribution in [0.1, 0.15) is 31.2 Å². The first-order chi connectivity index (χ1) is 10.1. The monoisotopic (exact) mass is 291 g/mol. The van der Waals surface area contributed by atoms with Gasteiger partial charge in [0.1, 0.15) is 11.2 Å². The van der Waals surface area contributed by atoms with Gasteiger partial charge >= 0.3 is 0 Å². The molecule has 0 saturated heterocycles. The highest BCUT2D eigenvalue weighted by Gasteiger charge is 2.45. The van der Waals surface area contributed by atoms with E-state index in [2.05, 4.69) is 10.5 Å². The Morgan fingerprint density at radius 2 is 1.90 bits per heavy atom. The van der Waals surface area contributed by atoms with E-state index >= 15 is 0 Å². The summed E-state index contributed by atoms with van der Waals surface area (Å²) in [6, 6.07) is 6.87. The van der Waals surface area contributed by atoms with Crippen molar-refractivity contribution in [3.63, 3.8) is 0 Å². The van der Waals surface area contributed by atoms with Gasteiger partial charge in [-0.1, -0.05) is 30.1 Å². The largest absolute Gasteiger partial charge is 0.508 e. The minimum atomic E-state index is -0.857. The van der Waals surface area contributed by atoms with Crippen LogP contribution in [0.4, 0.5) is 0 Å². The summed E-state index contributed by atoms with van der Waals surface area (Å²) in [5, 5.41) is 24.0. The number of amidine groups is 1. The first-order valence-electron chi connectivity index (χ1n) is 7.13. The number of rotatable bonds is 5. The summed E-state index contributed by atoms with van der Waals surface area (Å²) in [4.78, 5) is 12.4. The van der Waals surface area contributed by atoms with Crippen LogP contribution in [-0.4, -0.2) is 28.6 Å². The smallest absolute Gasteiger partial charge is 0.233 e. The van der Waals surface area contributed by atoms with Crippen LogP contribution in [0.15, 0.2) is 29.4 Å². The Morgan fingerprint density at radius 3 is 2.48 bits per heavy atom. The van der Waals surface area contributed by atoms with E-state index in [1.807, 2.05) is 12.1 Å². The van der Waals surface area contributed by atoms with Crippen molar-refractivity contribution in [3.05, 3.63) is 29.8 Å². The SMILES string of the molecule is NC(=NO)C1(C(=O)NCCc2ccc(O)cc2)CCCC1. The number of carbonyl (C=O) groups excluding carboxylic acids is 1. The van der Waals surface area contributed by atoms with Crippen LogP contribution in [0.3, 0.4) is 0 Å². The average Bonchev–Trinajstić information content (AvgIpc) is 2.99. The Hall–Kier alpha value is -2.24. The van der Waals surface area contributed by atoms with Gasteiger partial charge in [-0.25, -0.2) is 0 Å². The van der Waals surface area contributed by atoms with Gasteiger partial charge in [-0.2, -0.15) is 0 Å². The zero-order valence-corrected chi connectivity index (χ0v) is 11.9. The van der Waals surface area contributed by atoms with Crippen LogP contribution < -0.4 is 11.1 Å². The summed E-state index contributed by atoms with van der Waals surface area (Å²) in [6.07, 6.45) is 3.71. The summed E-state index contributed by atoms with van der Waals surface area (Å²) in [6.45, 7) is 0.476. The molecule has 0 aliphatic heterocycles. The molecule has 6 heteroatoms. The molecule has 1 amide bonds. The molecular weight excluding hydrogens is 270 g/mol. The molecule has 0 atom stereocenters. The molecule has 1 fully saturated rings. The number of hydrogen-bond donors (Lipinski definition) is 4. The molecule has 114 valence electrons. The second kappa shape index (κ2) is 6.47. The molecule has 0 unspecified atom stereocenters. The maximum absolute atomic E-state index is 12.4. The van der Waals surface area contributed by atoms with Crippen LogP contribution in [0.25, 0.3) is 0 Å². The Labute approximate surface area is 123 Å². The van der Waals surface area contributed by atoms with Gasteiger partial charge in [-0.15, -0.1) is 0 Å². The molecule has 0 radical (unpaired) electrons. The topological polar surface area (TPSA) is 108 Å². The lowest BCUT2D eigenvalue weighted by Gasteiger charge is -2.25. The average molecular weight is 291 g/mol. The van der Waals surface area contributed by atoms with Crippen molar-refractivity contribution in [2.45, 2.75) is 32.1 Å². The van der Waals surface area contributed by atoms with Gasteiger partial charge in [0.25, 0.3) is 0 Å². The van der Waals surface area contributed by atoms with Crippen molar-refractivity contribution in [2.24, 2.45) is 16.3 Å². The summed E-state index contributed by atoms with van der Waals surface area (Å²) in [5.41, 5.74) is 5.89. The minimum absolute atomic E-state index is 0.00198. The number of hydrogen-bond acceptors (Lipinski definition) is 4. The third-order valence-electron chi connectivity index (χ3n) is 4.13. The van der Waals surface area contributed by atoms with E-state index in [-0.39, 0.29) is 17.5 Å². The van der Waals surface area contributed by atoms with Gasteiger partial charge in [0.15, 0.2) is 5.84 Å². The fraction of sp³-hybridized carbons (Fsp3) is 0.467. The lowest BCUT2D eigenvalue weighted by molar-refractivity contribution is -0.127. The fourth-order valence-corrected chi connectivity index (χ4v) is 2.83. The Kier molecular flexibility index (Phi) is 4.67. The molecule has 1 aliphatic rings. The highest BCUT2D eigenvalue weighted by Crippen LogP contribution is 2.38. The fourth-order valence-electron chi connectivity index (χ4n) is 2.83. The molecule has 21 heavy (non-hydrogen) atoms. The maximum Gasteiger partial charge on any atom is 0.233 e. The van der Waals surface area contributed by atoms with Gasteiger partial charge in [-0.3, -0.25) is 4.79 Å². The third-order valence-corrected chi connectivity index (χ3v) is 4.13. The maximum atomic E-state index is 12.4. The molecule has 1 aromatic rings. The summed E-state index contributed by atoms with van der Waals surface area (Å²) in [7, 11) is 0. The van der Waals surface area contributed by atoms with Crippen LogP contribution in [0.2, 0.25) is 0 Å². The van der Waals surface area contributed by atoms with E-state index in [4.69, 9.17) is 10.9 Å². The van der Waals surface area contributed by atoms with Gasteiger partial charge in [0.05, 0.1) is 0 Å². The third kappa shape index (κ3) is 3.26. The number of carbonyl (C=O) groups is 1. The Bertz CT molecular complexity index is 519. The first kappa shape index (κ1) is 15.2. The molecule has 1 aliphatic carbocycles. The normalized spacial score (nSPS) is 17.6. The number of nitrogens with two attached hydrogens (primary N) is 1. The molecule has 1 aromatic carbocycles. The van der Waals surface area contributed by atoms with Gasteiger partial charge < -0.3 is 21.4 Å². The Balaban J connectivity index is 1.92. The van der Waals surface area contributed by atoms with E-state index in [0.717, 1.165) is 18.4 Å². The van der Waals surface area contributed by atoms with Crippen LogP contribution >= 0.6 is 0 Å². The highest BCUT2D eigenvalue weighted by molar-refractivity contribution is 6.07. The predicted octanol–water partition coefficient (Wildman–Crippen LogP) is 1.36. The highest BCUT2D eigenvalue weighted by atomic mass is 16.4. The molecule has 0 bridgehead atoms. The molecule has 0 heterocycles. The zero-order chi connectivity index (χ0) is 15.3. The van der Waals surface area contributed by atoms with Crippen molar-refractivity contribution < 1.29 is 15.1 Å². The van der Waals surface area contributed by atoms with Gasteiger partial charge in [0, 0.05) is 6.54 Å². The molecule has 2 rings (SSSR count). The van der Waals surface area contributed by atoms with E-state index < -0.39 is 5.41 Å². The van der Waals surface area contributed by atoms with Crippen molar-refractivity contribution >= 4 is 11.7 Å². The number of nitrogens with zero attached hydrogens (tertiary/aromatic N) is 1. The van der Waals surface area contributed by atoms with Crippen LogP contribution in [0.5, 0.6) is 5.75 Å². The van der Waals surface area contributed by atoms with E-state index in [1.165, 1.54) is 0 Å². The van der Waals surface area contributed by atoms with E-state index in [0.29, 0.717) is 25.8 Å². The van der Waals surface area contributed by atoms with Crippen LogP contribution in [0, 0.1) is 5.41 Å². The number of oxime groups is 1. The quantitative estimate of drug-likeness (QED) is 0.284. The number of benzene rings is 1. The summed E-state index contributed by atoms with van der Waals surface area (Å²) >= 11 is 0. The summed E-state index contributed by atoms with van der Waals surface area (Å²) in [5.74, 6) is 0.0517. The van der Waals surface area contributed by atoms with Crippen molar-refractivity contribution in [2.75, 3.05) is 6.54 Å².